The van der Waals surface area contributed by atoms with Gasteiger partial charge in [-0.2, -0.15) is 0 Å². The van der Waals surface area contributed by atoms with Crippen molar-refractivity contribution in [2.24, 2.45) is 0 Å². The van der Waals surface area contributed by atoms with Crippen LogP contribution >= 0.6 is 0 Å². The van der Waals surface area contributed by atoms with Crippen LogP contribution in [0.1, 0.15) is 41.4 Å². The van der Waals surface area contributed by atoms with Gasteiger partial charge >= 0.3 is 0 Å². The molecule has 3 heteroatoms. The minimum absolute atomic E-state index is 0.659. The summed E-state index contributed by atoms with van der Waals surface area (Å²) in [4.78, 5) is 9.28. The van der Waals surface area contributed by atoms with Crippen LogP contribution in [0.25, 0.3) is 0 Å². The predicted octanol–water partition coefficient (Wildman–Crippen LogP) is 3.29. The van der Waals surface area contributed by atoms with Crippen LogP contribution in [-0.2, 0) is 6.42 Å². The Kier molecular flexibility index (Phi) is 3.20. The fourth-order valence-corrected chi connectivity index (χ4v) is 2.32. The topological polar surface area (TPSA) is 37.8 Å². The van der Waals surface area contributed by atoms with Gasteiger partial charge in [0.15, 0.2) is 0 Å². The molecule has 0 atom stereocenters. The lowest BCUT2D eigenvalue weighted by molar-refractivity contribution is 0.901. The van der Waals surface area contributed by atoms with E-state index in [1.807, 2.05) is 7.05 Å². The number of anilines is 1. The molecule has 1 saturated carbocycles. The molecular weight excluding hydrogens is 234 g/mol. The van der Waals surface area contributed by atoms with Crippen molar-refractivity contribution in [1.82, 2.24) is 9.97 Å². The van der Waals surface area contributed by atoms with Crippen LogP contribution in [0.3, 0.4) is 0 Å². The molecule has 1 heterocycles. The Morgan fingerprint density at radius 3 is 2.74 bits per heavy atom. The zero-order valence-electron chi connectivity index (χ0n) is 11.5. The summed E-state index contributed by atoms with van der Waals surface area (Å²) < 4.78 is 0. The molecule has 1 aliphatic rings. The summed E-state index contributed by atoms with van der Waals surface area (Å²) in [6.07, 6.45) is 3.34. The SMILES string of the molecule is CNc1cc(C2CC2)nc(Cc2cccc(C)c2)n1. The van der Waals surface area contributed by atoms with Crippen LogP contribution in [0.4, 0.5) is 5.82 Å². The molecule has 0 spiro atoms. The Hall–Kier alpha value is -1.90. The minimum Gasteiger partial charge on any atom is -0.373 e. The number of hydrogen-bond acceptors (Lipinski definition) is 3. The van der Waals surface area contributed by atoms with Crippen molar-refractivity contribution < 1.29 is 0 Å². The molecule has 0 radical (unpaired) electrons. The maximum atomic E-state index is 4.72. The highest BCUT2D eigenvalue weighted by molar-refractivity contribution is 5.38. The summed E-state index contributed by atoms with van der Waals surface area (Å²) in [6, 6.07) is 10.6. The molecular formula is C16H19N3. The quantitative estimate of drug-likeness (QED) is 0.908. The second kappa shape index (κ2) is 5.00. The van der Waals surface area contributed by atoms with Crippen molar-refractivity contribution in [3.05, 3.63) is 53.0 Å². The van der Waals surface area contributed by atoms with E-state index in [1.165, 1.54) is 29.7 Å². The van der Waals surface area contributed by atoms with Crippen molar-refractivity contribution in [2.75, 3.05) is 12.4 Å². The molecule has 1 N–H and O–H groups in total. The predicted molar refractivity (Wildman–Crippen MR) is 77.5 cm³/mol. The van der Waals surface area contributed by atoms with E-state index in [4.69, 9.17) is 4.98 Å². The van der Waals surface area contributed by atoms with E-state index >= 15 is 0 Å². The molecule has 3 rings (SSSR count). The zero-order valence-corrected chi connectivity index (χ0v) is 11.5. The summed E-state index contributed by atoms with van der Waals surface area (Å²) >= 11 is 0. The highest BCUT2D eigenvalue weighted by Crippen LogP contribution is 2.39. The number of aryl methyl sites for hydroxylation is 1. The first-order valence-corrected chi connectivity index (χ1v) is 6.86. The van der Waals surface area contributed by atoms with Crippen molar-refractivity contribution in [2.45, 2.75) is 32.1 Å². The highest BCUT2D eigenvalue weighted by Gasteiger charge is 2.26. The van der Waals surface area contributed by atoms with Gasteiger partial charge in [-0.05, 0) is 25.3 Å². The molecule has 98 valence electrons. The van der Waals surface area contributed by atoms with E-state index in [2.05, 4.69) is 47.6 Å². The Balaban J connectivity index is 1.89. The summed E-state index contributed by atoms with van der Waals surface area (Å²) in [5.41, 5.74) is 3.75. The van der Waals surface area contributed by atoms with Crippen molar-refractivity contribution in [3.63, 3.8) is 0 Å². The van der Waals surface area contributed by atoms with E-state index in [9.17, 15) is 0 Å². The Labute approximate surface area is 114 Å². The van der Waals surface area contributed by atoms with Gasteiger partial charge < -0.3 is 5.32 Å². The first kappa shape index (κ1) is 12.2. The largest absolute Gasteiger partial charge is 0.373 e. The van der Waals surface area contributed by atoms with Crippen LogP contribution in [0.5, 0.6) is 0 Å². The first-order chi connectivity index (χ1) is 9.24. The molecule has 0 saturated heterocycles. The molecule has 1 aliphatic carbocycles. The van der Waals surface area contributed by atoms with Gasteiger partial charge in [0.25, 0.3) is 0 Å². The Bertz CT molecular complexity index is 588. The molecule has 1 fully saturated rings. The van der Waals surface area contributed by atoms with Crippen LogP contribution < -0.4 is 5.32 Å². The number of rotatable bonds is 4. The van der Waals surface area contributed by atoms with E-state index in [0.717, 1.165) is 18.1 Å². The van der Waals surface area contributed by atoms with Gasteiger partial charge in [0, 0.05) is 31.1 Å². The molecule has 3 nitrogen and oxygen atoms in total. The van der Waals surface area contributed by atoms with Gasteiger partial charge in [0.05, 0.1) is 0 Å². The lowest BCUT2D eigenvalue weighted by Gasteiger charge is -2.07. The van der Waals surface area contributed by atoms with Crippen molar-refractivity contribution >= 4 is 5.82 Å². The van der Waals surface area contributed by atoms with Gasteiger partial charge in [0.2, 0.25) is 0 Å². The van der Waals surface area contributed by atoms with Gasteiger partial charge in [-0.25, -0.2) is 9.97 Å². The fraction of sp³-hybridized carbons (Fsp3) is 0.375. The molecule has 0 aliphatic heterocycles. The van der Waals surface area contributed by atoms with Crippen LogP contribution in [-0.4, -0.2) is 17.0 Å². The minimum atomic E-state index is 0.659. The summed E-state index contributed by atoms with van der Waals surface area (Å²) in [5.74, 6) is 2.50. The fourth-order valence-electron chi connectivity index (χ4n) is 2.32. The summed E-state index contributed by atoms with van der Waals surface area (Å²) in [6.45, 7) is 2.12. The smallest absolute Gasteiger partial charge is 0.135 e. The van der Waals surface area contributed by atoms with Crippen LogP contribution in [0, 0.1) is 6.92 Å². The number of benzene rings is 1. The second-order valence-corrected chi connectivity index (χ2v) is 5.28. The normalized spacial score (nSPS) is 14.4. The number of nitrogens with one attached hydrogen (secondary N) is 1. The highest BCUT2D eigenvalue weighted by atomic mass is 15.0. The van der Waals surface area contributed by atoms with Crippen LogP contribution in [0.2, 0.25) is 0 Å². The van der Waals surface area contributed by atoms with E-state index in [1.54, 1.807) is 0 Å². The van der Waals surface area contributed by atoms with Crippen molar-refractivity contribution in [1.29, 1.82) is 0 Å². The lowest BCUT2D eigenvalue weighted by Crippen LogP contribution is -2.04. The molecule has 0 bridgehead atoms. The van der Waals surface area contributed by atoms with E-state index in [0.29, 0.717) is 5.92 Å². The van der Waals surface area contributed by atoms with E-state index in [-0.39, 0.29) is 0 Å². The maximum Gasteiger partial charge on any atom is 0.135 e. The van der Waals surface area contributed by atoms with E-state index < -0.39 is 0 Å². The summed E-state index contributed by atoms with van der Waals surface area (Å²) in [7, 11) is 1.91. The monoisotopic (exact) mass is 253 g/mol. The summed E-state index contributed by atoms with van der Waals surface area (Å²) in [5, 5.41) is 3.14. The number of nitrogens with zero attached hydrogens (tertiary/aromatic N) is 2. The van der Waals surface area contributed by atoms with Crippen LogP contribution in [0.15, 0.2) is 30.3 Å². The third-order valence-electron chi connectivity index (χ3n) is 3.49. The third kappa shape index (κ3) is 2.92. The van der Waals surface area contributed by atoms with Crippen molar-refractivity contribution in [3.8, 4) is 0 Å². The van der Waals surface area contributed by atoms with Gasteiger partial charge in [-0.3, -0.25) is 0 Å². The third-order valence-corrected chi connectivity index (χ3v) is 3.49. The van der Waals surface area contributed by atoms with Gasteiger partial charge in [0.1, 0.15) is 11.6 Å². The molecule has 19 heavy (non-hydrogen) atoms. The number of hydrogen-bond donors (Lipinski definition) is 1. The average molecular weight is 253 g/mol. The van der Waals surface area contributed by atoms with Gasteiger partial charge in [-0.1, -0.05) is 29.8 Å². The molecule has 0 amide bonds. The number of aromatic nitrogens is 2. The maximum absolute atomic E-state index is 4.72. The molecule has 1 aromatic carbocycles. The molecule has 2 aromatic rings. The molecule has 1 aromatic heterocycles. The van der Waals surface area contributed by atoms with Gasteiger partial charge in [-0.15, -0.1) is 0 Å². The lowest BCUT2D eigenvalue weighted by atomic mass is 10.1. The standard InChI is InChI=1S/C16H19N3/c1-11-4-3-5-12(8-11)9-16-18-14(13-6-7-13)10-15(17-2)19-16/h3-5,8,10,13H,6-7,9H2,1-2H3,(H,17,18,19). The molecule has 0 unspecified atom stereocenters. The second-order valence-electron chi connectivity index (χ2n) is 5.28. The average Bonchev–Trinajstić information content (AvgIpc) is 3.22. The Morgan fingerprint density at radius 1 is 1.21 bits per heavy atom. The Morgan fingerprint density at radius 2 is 2.05 bits per heavy atom. The zero-order chi connectivity index (χ0) is 13.2. The first-order valence-electron chi connectivity index (χ1n) is 6.86.